The molecule has 0 aliphatic carbocycles. The number of thioether (sulfide) groups is 1. The van der Waals surface area contributed by atoms with Gasteiger partial charge in [0, 0.05) is 11.3 Å². The molecule has 2 aromatic rings. The van der Waals surface area contributed by atoms with Gasteiger partial charge in [-0.15, -0.1) is 23.1 Å². The van der Waals surface area contributed by atoms with Crippen molar-refractivity contribution >= 4 is 23.1 Å². The van der Waals surface area contributed by atoms with E-state index in [-0.39, 0.29) is 0 Å². The van der Waals surface area contributed by atoms with Crippen molar-refractivity contribution in [2.75, 3.05) is 7.05 Å². The average molecular weight is 277 g/mol. The Hall–Kier alpha value is -0.770. The first-order valence-corrected chi connectivity index (χ1v) is 7.90. The first-order valence-electron chi connectivity index (χ1n) is 6.14. The van der Waals surface area contributed by atoms with Gasteiger partial charge in [0.15, 0.2) is 0 Å². The second-order valence-corrected chi connectivity index (χ2v) is 7.06. The molecule has 0 bridgehead atoms. The molecule has 0 amide bonds. The lowest BCUT2D eigenvalue weighted by atomic mass is 10.0. The zero-order chi connectivity index (χ0) is 13.0. The molecule has 0 saturated carbocycles. The lowest BCUT2D eigenvalue weighted by molar-refractivity contribution is 0.589. The molecular formula is C15H19NS2. The highest BCUT2D eigenvalue weighted by Crippen LogP contribution is 2.34. The van der Waals surface area contributed by atoms with E-state index >= 15 is 0 Å². The van der Waals surface area contributed by atoms with Crippen molar-refractivity contribution in [3.05, 3.63) is 52.9 Å². The molecule has 1 aromatic carbocycles. The summed E-state index contributed by atoms with van der Waals surface area (Å²) in [5.74, 6) is 0. The van der Waals surface area contributed by atoms with Gasteiger partial charge in [0.25, 0.3) is 0 Å². The van der Waals surface area contributed by atoms with Crippen molar-refractivity contribution in [3.8, 4) is 0 Å². The summed E-state index contributed by atoms with van der Waals surface area (Å²) in [6.07, 6.45) is 0. The third-order valence-corrected chi connectivity index (χ3v) is 5.27. The van der Waals surface area contributed by atoms with Crippen LogP contribution in [0.2, 0.25) is 0 Å². The van der Waals surface area contributed by atoms with E-state index in [4.69, 9.17) is 0 Å². The zero-order valence-corrected chi connectivity index (χ0v) is 12.6. The lowest BCUT2D eigenvalue weighted by Crippen LogP contribution is -2.25. The minimum atomic E-state index is 0.387. The van der Waals surface area contributed by atoms with Crippen LogP contribution in [0.3, 0.4) is 0 Å². The SMILES string of the molecule is CNC(c1ccc(C)cc1)C(C)Sc1cccs1. The summed E-state index contributed by atoms with van der Waals surface area (Å²) in [5.41, 5.74) is 2.67. The number of nitrogens with one attached hydrogen (secondary N) is 1. The Morgan fingerprint density at radius 2 is 1.89 bits per heavy atom. The molecule has 1 aromatic heterocycles. The number of thiophene rings is 1. The maximum atomic E-state index is 3.43. The minimum Gasteiger partial charge on any atom is -0.312 e. The van der Waals surface area contributed by atoms with E-state index in [1.165, 1.54) is 15.3 Å². The quantitative estimate of drug-likeness (QED) is 0.808. The maximum Gasteiger partial charge on any atom is 0.0601 e. The third-order valence-electron chi connectivity index (χ3n) is 3.01. The number of hydrogen-bond acceptors (Lipinski definition) is 3. The maximum absolute atomic E-state index is 3.43. The molecule has 0 fully saturated rings. The van der Waals surface area contributed by atoms with Crippen LogP contribution in [0, 0.1) is 6.92 Å². The Morgan fingerprint density at radius 1 is 1.17 bits per heavy atom. The molecular weight excluding hydrogens is 258 g/mol. The summed E-state index contributed by atoms with van der Waals surface area (Å²) in [4.78, 5) is 0. The van der Waals surface area contributed by atoms with Gasteiger partial charge in [-0.1, -0.05) is 42.8 Å². The Labute approximate surface area is 118 Å². The lowest BCUT2D eigenvalue weighted by Gasteiger charge is -2.23. The molecule has 2 atom stereocenters. The number of benzene rings is 1. The minimum absolute atomic E-state index is 0.387. The van der Waals surface area contributed by atoms with Crippen molar-refractivity contribution < 1.29 is 0 Å². The molecule has 0 aliphatic heterocycles. The van der Waals surface area contributed by atoms with Crippen LogP contribution >= 0.6 is 23.1 Å². The standard InChI is InChI=1S/C15H19NS2/c1-11-6-8-13(9-7-11)15(16-3)12(2)18-14-5-4-10-17-14/h4-10,12,15-16H,1-3H3. The number of rotatable bonds is 5. The van der Waals surface area contributed by atoms with E-state index in [0.29, 0.717) is 11.3 Å². The van der Waals surface area contributed by atoms with Crippen molar-refractivity contribution in [1.82, 2.24) is 5.32 Å². The van der Waals surface area contributed by atoms with Crippen LogP contribution in [-0.4, -0.2) is 12.3 Å². The monoisotopic (exact) mass is 277 g/mol. The van der Waals surface area contributed by atoms with E-state index in [9.17, 15) is 0 Å². The fourth-order valence-electron chi connectivity index (χ4n) is 2.03. The van der Waals surface area contributed by atoms with E-state index in [2.05, 4.69) is 60.9 Å². The topological polar surface area (TPSA) is 12.0 Å². The molecule has 2 rings (SSSR count). The van der Waals surface area contributed by atoms with Crippen molar-refractivity contribution in [3.63, 3.8) is 0 Å². The summed E-state index contributed by atoms with van der Waals surface area (Å²) in [5, 5.41) is 6.08. The summed E-state index contributed by atoms with van der Waals surface area (Å²) in [6, 6.07) is 13.5. The Bertz CT molecular complexity index is 462. The highest BCUT2D eigenvalue weighted by molar-refractivity contribution is 8.01. The fourth-order valence-corrected chi connectivity index (χ4v) is 4.27. The normalized spacial score (nSPS) is 14.4. The molecule has 3 heteroatoms. The molecule has 2 unspecified atom stereocenters. The molecule has 0 saturated heterocycles. The zero-order valence-electron chi connectivity index (χ0n) is 11.0. The van der Waals surface area contributed by atoms with Crippen LogP contribution < -0.4 is 5.32 Å². The molecule has 1 nitrogen and oxygen atoms in total. The van der Waals surface area contributed by atoms with E-state index in [1.54, 1.807) is 0 Å². The summed E-state index contributed by atoms with van der Waals surface area (Å²) in [6.45, 7) is 4.41. The van der Waals surface area contributed by atoms with Crippen LogP contribution in [0.15, 0.2) is 46.0 Å². The average Bonchev–Trinajstić information content (AvgIpc) is 2.85. The van der Waals surface area contributed by atoms with E-state index in [1.807, 2.05) is 30.1 Å². The molecule has 0 aliphatic rings. The van der Waals surface area contributed by atoms with Crippen molar-refractivity contribution in [2.45, 2.75) is 29.3 Å². The van der Waals surface area contributed by atoms with Gasteiger partial charge in [-0.3, -0.25) is 0 Å². The van der Waals surface area contributed by atoms with E-state index in [0.717, 1.165) is 0 Å². The van der Waals surface area contributed by atoms with Crippen LogP contribution in [0.1, 0.15) is 24.1 Å². The molecule has 18 heavy (non-hydrogen) atoms. The van der Waals surface area contributed by atoms with Crippen LogP contribution in [-0.2, 0) is 0 Å². The summed E-state index contributed by atoms with van der Waals surface area (Å²) >= 11 is 3.75. The van der Waals surface area contributed by atoms with Crippen molar-refractivity contribution in [1.29, 1.82) is 0 Å². The highest BCUT2D eigenvalue weighted by Gasteiger charge is 2.18. The fraction of sp³-hybridized carbons (Fsp3) is 0.333. The Kier molecular flexibility index (Phi) is 4.87. The molecule has 96 valence electrons. The second kappa shape index (κ2) is 6.41. The van der Waals surface area contributed by atoms with Gasteiger partial charge in [0.2, 0.25) is 0 Å². The summed E-state index contributed by atoms with van der Waals surface area (Å²) in [7, 11) is 2.04. The van der Waals surface area contributed by atoms with Gasteiger partial charge in [0.05, 0.1) is 4.21 Å². The smallest absolute Gasteiger partial charge is 0.0601 e. The van der Waals surface area contributed by atoms with E-state index < -0.39 is 0 Å². The molecule has 0 spiro atoms. The highest BCUT2D eigenvalue weighted by atomic mass is 32.2. The second-order valence-electron chi connectivity index (χ2n) is 4.43. The van der Waals surface area contributed by atoms with Crippen LogP contribution in [0.5, 0.6) is 0 Å². The van der Waals surface area contributed by atoms with Gasteiger partial charge in [-0.2, -0.15) is 0 Å². The van der Waals surface area contributed by atoms with Crippen LogP contribution in [0.25, 0.3) is 0 Å². The van der Waals surface area contributed by atoms with Gasteiger partial charge < -0.3 is 5.32 Å². The van der Waals surface area contributed by atoms with Gasteiger partial charge in [-0.05, 0) is 31.0 Å². The molecule has 1 N–H and O–H groups in total. The number of hydrogen-bond donors (Lipinski definition) is 1. The third kappa shape index (κ3) is 3.37. The predicted octanol–water partition coefficient (Wildman–Crippen LogP) is 4.50. The largest absolute Gasteiger partial charge is 0.312 e. The molecule has 1 heterocycles. The van der Waals surface area contributed by atoms with Gasteiger partial charge >= 0.3 is 0 Å². The Balaban J connectivity index is 2.10. The Morgan fingerprint density at radius 3 is 2.44 bits per heavy atom. The van der Waals surface area contributed by atoms with Gasteiger partial charge in [-0.25, -0.2) is 0 Å². The first kappa shape index (κ1) is 13.7. The first-order chi connectivity index (χ1) is 8.70. The number of aryl methyl sites for hydroxylation is 1. The van der Waals surface area contributed by atoms with Crippen molar-refractivity contribution in [2.24, 2.45) is 0 Å². The molecule has 0 radical (unpaired) electrons. The predicted molar refractivity (Wildman–Crippen MR) is 82.6 cm³/mol. The van der Waals surface area contributed by atoms with Crippen LogP contribution in [0.4, 0.5) is 0 Å². The summed E-state index contributed by atoms with van der Waals surface area (Å²) < 4.78 is 1.38. The van der Waals surface area contributed by atoms with Gasteiger partial charge in [0.1, 0.15) is 0 Å².